The molecule has 0 amide bonds. The summed E-state index contributed by atoms with van der Waals surface area (Å²) >= 11 is 0. The second-order valence-corrected chi connectivity index (χ2v) is 8.03. The van der Waals surface area contributed by atoms with Crippen LogP contribution < -0.4 is 5.73 Å². The second kappa shape index (κ2) is 3.42. The maximum Gasteiger partial charge on any atom is 0.0346 e. The average Bonchev–Trinajstić information content (AvgIpc) is 2.90. The molecule has 1 nitrogen and oxygen atoms in total. The molecule has 6 atom stereocenters. The third kappa shape index (κ3) is 1.01. The van der Waals surface area contributed by atoms with Gasteiger partial charge in [0.25, 0.3) is 0 Å². The van der Waals surface area contributed by atoms with Crippen LogP contribution in [0.2, 0.25) is 0 Å². The topological polar surface area (TPSA) is 26.0 Å². The van der Waals surface area contributed by atoms with Gasteiger partial charge in [0.1, 0.15) is 0 Å². The highest BCUT2D eigenvalue weighted by Gasteiger charge is 2.67. The summed E-state index contributed by atoms with van der Waals surface area (Å²) in [5.41, 5.74) is 16.7. The molecule has 0 saturated heterocycles. The molecule has 4 aliphatic rings. The van der Waals surface area contributed by atoms with E-state index in [1.165, 1.54) is 17.5 Å². The van der Waals surface area contributed by atoms with Crippen LogP contribution in [0.4, 0.5) is 5.69 Å². The lowest BCUT2D eigenvalue weighted by atomic mass is 9.49. The third-order valence-electron chi connectivity index (χ3n) is 7.50. The summed E-state index contributed by atoms with van der Waals surface area (Å²) in [6, 6.07) is 11.4. The molecule has 0 aromatic heterocycles. The Hall–Kier alpha value is -1.76. The summed E-state index contributed by atoms with van der Waals surface area (Å²) in [7, 11) is 0. The van der Waals surface area contributed by atoms with Crippen molar-refractivity contribution < 1.29 is 0 Å². The molecule has 6 unspecified atom stereocenters. The van der Waals surface area contributed by atoms with Gasteiger partial charge in [-0.05, 0) is 95.2 Å². The number of hydrogen-bond donors (Lipinski definition) is 1. The van der Waals surface area contributed by atoms with Gasteiger partial charge in [0, 0.05) is 5.69 Å². The van der Waals surface area contributed by atoms with Crippen molar-refractivity contribution in [1.82, 2.24) is 0 Å². The first-order valence-corrected chi connectivity index (χ1v) is 8.66. The van der Waals surface area contributed by atoms with Gasteiger partial charge < -0.3 is 5.73 Å². The Morgan fingerprint density at radius 1 is 0.818 bits per heavy atom. The van der Waals surface area contributed by atoms with Crippen LogP contribution in [0.15, 0.2) is 30.3 Å². The normalized spacial score (nSPS) is 38.5. The highest BCUT2D eigenvalue weighted by molar-refractivity contribution is 5.65. The third-order valence-corrected chi connectivity index (χ3v) is 7.50. The van der Waals surface area contributed by atoms with Gasteiger partial charge in [0.15, 0.2) is 0 Å². The SMILES string of the molecule is Cc1cccc2c1C1C3CC(C21)C1c2ccc(N)c(C)c2C31. The molecule has 0 spiro atoms. The van der Waals surface area contributed by atoms with Gasteiger partial charge in [0.05, 0.1) is 0 Å². The molecule has 2 aromatic carbocycles. The first-order chi connectivity index (χ1) is 10.7. The lowest BCUT2D eigenvalue weighted by Crippen LogP contribution is -2.42. The molecule has 0 radical (unpaired) electrons. The first kappa shape index (κ1) is 11.8. The Labute approximate surface area is 131 Å². The standard InChI is InChI=1S/C21H21N/c1-9-4-3-5-11-16(9)20-14-8-13(18(11)20)19-12-6-7-15(22)10(2)17(12)21(14)19/h3-7,13-14,18-21H,8,22H2,1-2H3. The predicted molar refractivity (Wildman–Crippen MR) is 89.3 cm³/mol. The Morgan fingerprint density at radius 3 is 2.32 bits per heavy atom. The fourth-order valence-electron chi connectivity index (χ4n) is 6.80. The summed E-state index contributed by atoms with van der Waals surface area (Å²) in [4.78, 5) is 0. The fraction of sp³-hybridized carbons (Fsp3) is 0.429. The zero-order chi connectivity index (χ0) is 14.7. The molecule has 0 heterocycles. The van der Waals surface area contributed by atoms with Crippen LogP contribution in [-0.4, -0.2) is 0 Å². The van der Waals surface area contributed by atoms with Gasteiger partial charge in [-0.25, -0.2) is 0 Å². The highest BCUT2D eigenvalue weighted by Crippen LogP contribution is 2.79. The second-order valence-electron chi connectivity index (χ2n) is 8.03. The van der Waals surface area contributed by atoms with Gasteiger partial charge in [0.2, 0.25) is 0 Å². The molecular weight excluding hydrogens is 266 g/mol. The summed E-state index contributed by atoms with van der Waals surface area (Å²) in [6.45, 7) is 4.53. The van der Waals surface area contributed by atoms with Crippen molar-refractivity contribution in [2.75, 3.05) is 5.73 Å². The summed E-state index contributed by atoms with van der Waals surface area (Å²) < 4.78 is 0. The van der Waals surface area contributed by atoms with E-state index in [4.69, 9.17) is 5.73 Å². The molecule has 0 aliphatic heterocycles. The molecule has 2 bridgehead atoms. The largest absolute Gasteiger partial charge is 0.399 e. The summed E-state index contributed by atoms with van der Waals surface area (Å²) in [6.07, 6.45) is 1.44. The van der Waals surface area contributed by atoms with Gasteiger partial charge in [-0.3, -0.25) is 0 Å². The summed E-state index contributed by atoms with van der Waals surface area (Å²) in [5.74, 6) is 5.10. The smallest absolute Gasteiger partial charge is 0.0346 e. The van der Waals surface area contributed by atoms with E-state index in [-0.39, 0.29) is 0 Å². The number of anilines is 1. The molecule has 2 N–H and O–H groups in total. The van der Waals surface area contributed by atoms with E-state index in [0.29, 0.717) is 0 Å². The zero-order valence-corrected chi connectivity index (χ0v) is 13.1. The number of aryl methyl sites for hydroxylation is 1. The average molecular weight is 287 g/mol. The predicted octanol–water partition coefficient (Wildman–Crippen LogP) is 4.60. The zero-order valence-electron chi connectivity index (χ0n) is 13.1. The van der Waals surface area contributed by atoms with E-state index in [0.717, 1.165) is 41.2 Å². The van der Waals surface area contributed by atoms with E-state index in [1.54, 1.807) is 22.3 Å². The number of hydrogen-bond acceptors (Lipinski definition) is 1. The molecule has 2 aromatic rings. The maximum atomic E-state index is 6.18. The van der Waals surface area contributed by atoms with Gasteiger partial charge in [-0.2, -0.15) is 0 Å². The van der Waals surface area contributed by atoms with E-state index in [1.807, 2.05) is 0 Å². The highest BCUT2D eigenvalue weighted by atomic mass is 14.7. The van der Waals surface area contributed by atoms with E-state index >= 15 is 0 Å². The fourth-order valence-corrected chi connectivity index (χ4v) is 6.80. The van der Waals surface area contributed by atoms with Crippen LogP contribution in [0, 0.1) is 25.7 Å². The van der Waals surface area contributed by atoms with E-state index in [9.17, 15) is 0 Å². The lowest BCUT2D eigenvalue weighted by molar-refractivity contribution is 0.227. The lowest BCUT2D eigenvalue weighted by Gasteiger charge is -2.55. The minimum absolute atomic E-state index is 0.803. The summed E-state index contributed by atoms with van der Waals surface area (Å²) in [5, 5.41) is 0. The van der Waals surface area contributed by atoms with E-state index in [2.05, 4.69) is 44.2 Å². The van der Waals surface area contributed by atoms with Crippen LogP contribution in [-0.2, 0) is 0 Å². The van der Waals surface area contributed by atoms with Crippen LogP contribution in [0.1, 0.15) is 63.5 Å². The molecule has 2 saturated carbocycles. The Balaban J connectivity index is 1.52. The van der Waals surface area contributed by atoms with Gasteiger partial charge in [-0.15, -0.1) is 0 Å². The van der Waals surface area contributed by atoms with Crippen molar-refractivity contribution in [2.24, 2.45) is 11.8 Å². The number of nitrogen functional groups attached to an aromatic ring is 1. The molecule has 1 heteroatoms. The van der Waals surface area contributed by atoms with Gasteiger partial charge in [-0.1, -0.05) is 24.3 Å². The van der Waals surface area contributed by atoms with Crippen LogP contribution >= 0.6 is 0 Å². The quantitative estimate of drug-likeness (QED) is 0.556. The van der Waals surface area contributed by atoms with Crippen LogP contribution in [0.5, 0.6) is 0 Å². The molecule has 22 heavy (non-hydrogen) atoms. The molecule has 6 rings (SSSR count). The Kier molecular flexibility index (Phi) is 1.83. The maximum absolute atomic E-state index is 6.18. The number of fused-ring (bicyclic) bond motifs is 14. The minimum atomic E-state index is 0.803. The minimum Gasteiger partial charge on any atom is -0.399 e. The number of nitrogens with two attached hydrogens (primary N) is 1. The van der Waals surface area contributed by atoms with Crippen molar-refractivity contribution in [3.05, 3.63) is 63.7 Å². The Morgan fingerprint density at radius 2 is 1.50 bits per heavy atom. The van der Waals surface area contributed by atoms with Crippen LogP contribution in [0.3, 0.4) is 0 Å². The van der Waals surface area contributed by atoms with Crippen molar-refractivity contribution in [3.8, 4) is 0 Å². The van der Waals surface area contributed by atoms with Crippen LogP contribution in [0.25, 0.3) is 0 Å². The van der Waals surface area contributed by atoms with E-state index < -0.39 is 0 Å². The van der Waals surface area contributed by atoms with Crippen molar-refractivity contribution >= 4 is 5.69 Å². The molecule has 4 aliphatic carbocycles. The van der Waals surface area contributed by atoms with Gasteiger partial charge >= 0.3 is 0 Å². The first-order valence-electron chi connectivity index (χ1n) is 8.66. The number of rotatable bonds is 0. The monoisotopic (exact) mass is 287 g/mol. The molecule has 110 valence electrons. The molecule has 2 fully saturated rings. The van der Waals surface area contributed by atoms with Crippen molar-refractivity contribution in [2.45, 2.75) is 43.9 Å². The van der Waals surface area contributed by atoms with Crippen molar-refractivity contribution in [1.29, 1.82) is 0 Å². The van der Waals surface area contributed by atoms with Crippen molar-refractivity contribution in [3.63, 3.8) is 0 Å². The Bertz CT molecular complexity index is 849. The molecular formula is C21H21N. The number of benzene rings is 2.